The molecule has 0 saturated carbocycles. The molecule has 0 bridgehead atoms. The summed E-state index contributed by atoms with van der Waals surface area (Å²) < 4.78 is 0. The monoisotopic (exact) mass is 687 g/mol. The van der Waals surface area contributed by atoms with Gasteiger partial charge in [-0.1, -0.05) is 176 Å². The zero-order chi connectivity index (χ0) is 35.9. The fourth-order valence-electron chi connectivity index (χ4n) is 8.72. The minimum Gasteiger partial charge on any atom is -0.310 e. The highest BCUT2D eigenvalue weighted by molar-refractivity contribution is 5.97. The summed E-state index contributed by atoms with van der Waals surface area (Å²) in [5.41, 5.74) is 15.4. The second-order valence-corrected chi connectivity index (χ2v) is 14.1. The van der Waals surface area contributed by atoms with Crippen LogP contribution in [0.5, 0.6) is 0 Å². The molecular formula is C53H37N. The van der Waals surface area contributed by atoms with E-state index in [1.165, 1.54) is 66.4 Å². The Labute approximate surface area is 317 Å². The molecule has 1 heteroatoms. The number of hydrogen-bond donors (Lipinski definition) is 0. The maximum absolute atomic E-state index is 2.44. The third-order valence-electron chi connectivity index (χ3n) is 11.1. The first-order chi connectivity index (χ1) is 26.8. The van der Waals surface area contributed by atoms with E-state index in [9.17, 15) is 0 Å². The van der Waals surface area contributed by atoms with Crippen LogP contribution in [0.4, 0.5) is 17.1 Å². The van der Waals surface area contributed by atoms with Gasteiger partial charge in [-0.2, -0.15) is 0 Å². The van der Waals surface area contributed by atoms with Crippen LogP contribution in [0.2, 0.25) is 0 Å². The third kappa shape index (κ3) is 5.17. The number of anilines is 3. The molecule has 0 radical (unpaired) electrons. The standard InChI is InChI=1S/C53H37N/c1-5-17-38(18-6-1)49-35-40-19-13-14-20-41(40)36-50(49)39-29-31-45(32-30-39)54(44-25-11-4-12-26-44)46-33-34-48-47-27-15-16-28-51(47)53(52(48)37-46,42-21-7-2-8-22-42)43-23-9-3-10-24-43/h1-37H. The SMILES string of the molecule is c1ccc(-c2cc3ccccc3cc2-c2ccc(N(c3ccccc3)c3ccc4c(c3)C(c3ccccc3)(c3ccccc3)c3ccccc3-4)cc2)cc1. The van der Waals surface area contributed by atoms with Crippen LogP contribution in [-0.4, -0.2) is 0 Å². The van der Waals surface area contributed by atoms with Gasteiger partial charge >= 0.3 is 0 Å². The molecule has 0 aromatic heterocycles. The average Bonchev–Trinajstić information content (AvgIpc) is 3.55. The Bertz CT molecular complexity index is 2700. The van der Waals surface area contributed by atoms with Gasteiger partial charge < -0.3 is 4.90 Å². The first-order valence-electron chi connectivity index (χ1n) is 18.7. The van der Waals surface area contributed by atoms with E-state index in [2.05, 4.69) is 229 Å². The molecule has 9 aromatic rings. The van der Waals surface area contributed by atoms with E-state index in [-0.39, 0.29) is 0 Å². The molecule has 0 fully saturated rings. The van der Waals surface area contributed by atoms with E-state index in [1.54, 1.807) is 0 Å². The minimum absolute atomic E-state index is 0.472. The van der Waals surface area contributed by atoms with Crippen LogP contribution < -0.4 is 4.90 Å². The molecule has 10 rings (SSSR count). The summed E-state index contributed by atoms with van der Waals surface area (Å²) >= 11 is 0. The Kier molecular flexibility index (Phi) is 7.78. The number of benzene rings is 9. The summed E-state index contributed by atoms with van der Waals surface area (Å²) in [7, 11) is 0. The molecule has 0 saturated heterocycles. The molecular weight excluding hydrogens is 651 g/mol. The predicted octanol–water partition coefficient (Wildman–Crippen LogP) is 14.0. The van der Waals surface area contributed by atoms with Gasteiger partial charge in [-0.3, -0.25) is 0 Å². The minimum atomic E-state index is -0.472. The zero-order valence-corrected chi connectivity index (χ0v) is 29.8. The van der Waals surface area contributed by atoms with Crippen LogP contribution in [0.25, 0.3) is 44.2 Å². The maximum atomic E-state index is 2.44. The smallest absolute Gasteiger partial charge is 0.0714 e. The molecule has 0 heterocycles. The fraction of sp³-hybridized carbons (Fsp3) is 0.0189. The number of fused-ring (bicyclic) bond motifs is 4. The van der Waals surface area contributed by atoms with Gasteiger partial charge in [0.05, 0.1) is 5.41 Å². The predicted molar refractivity (Wildman–Crippen MR) is 227 cm³/mol. The van der Waals surface area contributed by atoms with Crippen LogP contribution in [0, 0.1) is 0 Å². The summed E-state index contributed by atoms with van der Waals surface area (Å²) in [6.07, 6.45) is 0. The third-order valence-corrected chi connectivity index (χ3v) is 11.1. The molecule has 0 N–H and O–H groups in total. The lowest BCUT2D eigenvalue weighted by Crippen LogP contribution is -2.28. The van der Waals surface area contributed by atoms with Gasteiger partial charge in [0.2, 0.25) is 0 Å². The molecule has 1 nitrogen and oxygen atoms in total. The van der Waals surface area contributed by atoms with Crippen molar-refractivity contribution in [3.05, 3.63) is 247 Å². The first kappa shape index (κ1) is 31.7. The second-order valence-electron chi connectivity index (χ2n) is 14.1. The van der Waals surface area contributed by atoms with Crippen LogP contribution in [0.1, 0.15) is 22.3 Å². The fourth-order valence-corrected chi connectivity index (χ4v) is 8.72. The Balaban J connectivity index is 1.15. The molecule has 0 unspecified atom stereocenters. The van der Waals surface area contributed by atoms with E-state index in [1.807, 2.05) is 0 Å². The Morgan fingerprint density at radius 2 is 0.722 bits per heavy atom. The number of hydrogen-bond acceptors (Lipinski definition) is 1. The summed E-state index contributed by atoms with van der Waals surface area (Å²) in [5, 5.41) is 2.48. The molecule has 0 aliphatic heterocycles. The van der Waals surface area contributed by atoms with E-state index in [0.717, 1.165) is 17.1 Å². The highest BCUT2D eigenvalue weighted by Crippen LogP contribution is 2.57. The molecule has 0 atom stereocenters. The van der Waals surface area contributed by atoms with Gasteiger partial charge in [0.15, 0.2) is 0 Å². The average molecular weight is 688 g/mol. The van der Waals surface area contributed by atoms with Crippen molar-refractivity contribution >= 4 is 27.8 Å². The topological polar surface area (TPSA) is 3.24 Å². The van der Waals surface area contributed by atoms with Crippen molar-refractivity contribution in [1.29, 1.82) is 0 Å². The van der Waals surface area contributed by atoms with Crippen LogP contribution in [0.3, 0.4) is 0 Å². The van der Waals surface area contributed by atoms with E-state index in [0.29, 0.717) is 0 Å². The number of rotatable bonds is 7. The first-order valence-corrected chi connectivity index (χ1v) is 18.7. The van der Waals surface area contributed by atoms with E-state index < -0.39 is 5.41 Å². The summed E-state index contributed by atoms with van der Waals surface area (Å²) in [5.74, 6) is 0. The maximum Gasteiger partial charge on any atom is 0.0714 e. The molecule has 1 aliphatic rings. The van der Waals surface area contributed by atoms with Gasteiger partial charge in [-0.05, 0) is 115 Å². The normalized spacial score (nSPS) is 12.6. The highest BCUT2D eigenvalue weighted by atomic mass is 15.1. The molecule has 0 spiro atoms. The van der Waals surface area contributed by atoms with Gasteiger partial charge in [0, 0.05) is 17.1 Å². The Morgan fingerprint density at radius 3 is 1.33 bits per heavy atom. The van der Waals surface area contributed by atoms with Gasteiger partial charge in [0.1, 0.15) is 0 Å². The van der Waals surface area contributed by atoms with Gasteiger partial charge in [-0.25, -0.2) is 0 Å². The van der Waals surface area contributed by atoms with Crippen LogP contribution >= 0.6 is 0 Å². The van der Waals surface area contributed by atoms with Crippen molar-refractivity contribution in [2.45, 2.75) is 5.41 Å². The number of para-hydroxylation sites is 1. The van der Waals surface area contributed by atoms with Crippen molar-refractivity contribution in [2.24, 2.45) is 0 Å². The highest BCUT2D eigenvalue weighted by Gasteiger charge is 2.46. The lowest BCUT2D eigenvalue weighted by atomic mass is 9.67. The van der Waals surface area contributed by atoms with Gasteiger partial charge in [-0.15, -0.1) is 0 Å². The summed E-state index contributed by atoms with van der Waals surface area (Å²) in [6, 6.07) is 82.0. The lowest BCUT2D eigenvalue weighted by Gasteiger charge is -2.35. The van der Waals surface area contributed by atoms with E-state index in [4.69, 9.17) is 0 Å². The molecule has 1 aliphatic carbocycles. The van der Waals surface area contributed by atoms with Crippen molar-refractivity contribution in [3.8, 4) is 33.4 Å². The van der Waals surface area contributed by atoms with Crippen molar-refractivity contribution in [3.63, 3.8) is 0 Å². The van der Waals surface area contributed by atoms with Gasteiger partial charge in [0.25, 0.3) is 0 Å². The zero-order valence-electron chi connectivity index (χ0n) is 29.8. The molecule has 254 valence electrons. The molecule has 54 heavy (non-hydrogen) atoms. The van der Waals surface area contributed by atoms with Crippen molar-refractivity contribution in [1.82, 2.24) is 0 Å². The lowest BCUT2D eigenvalue weighted by molar-refractivity contribution is 0.768. The quantitative estimate of drug-likeness (QED) is 0.161. The van der Waals surface area contributed by atoms with Crippen molar-refractivity contribution < 1.29 is 0 Å². The number of nitrogens with zero attached hydrogens (tertiary/aromatic N) is 1. The van der Waals surface area contributed by atoms with E-state index >= 15 is 0 Å². The second kappa shape index (κ2) is 13.2. The Morgan fingerprint density at radius 1 is 0.278 bits per heavy atom. The molecule has 9 aromatic carbocycles. The molecule has 0 amide bonds. The Hall–Kier alpha value is -6.96. The largest absolute Gasteiger partial charge is 0.310 e. The summed E-state index contributed by atoms with van der Waals surface area (Å²) in [6.45, 7) is 0. The van der Waals surface area contributed by atoms with Crippen LogP contribution in [0.15, 0.2) is 224 Å². The van der Waals surface area contributed by atoms with Crippen LogP contribution in [-0.2, 0) is 5.41 Å². The van der Waals surface area contributed by atoms with Crippen molar-refractivity contribution in [2.75, 3.05) is 4.90 Å². The summed E-state index contributed by atoms with van der Waals surface area (Å²) in [4.78, 5) is 2.40.